The van der Waals surface area contributed by atoms with Crippen LogP contribution in [0, 0.1) is 5.92 Å². The quantitative estimate of drug-likeness (QED) is 0.263. The topological polar surface area (TPSA) is 119 Å². The van der Waals surface area contributed by atoms with E-state index in [-0.39, 0.29) is 6.10 Å². The van der Waals surface area contributed by atoms with Gasteiger partial charge in [-0.1, -0.05) is 13.8 Å². The Bertz CT molecular complexity index is 1020. The van der Waals surface area contributed by atoms with Crippen molar-refractivity contribution in [2.75, 3.05) is 128 Å². The van der Waals surface area contributed by atoms with Crippen molar-refractivity contribution in [2.24, 2.45) is 5.92 Å². The molecule has 0 bridgehead atoms. The van der Waals surface area contributed by atoms with Crippen LogP contribution in [0.5, 0.6) is 0 Å². The molecular weight excluding hydrogens is 528 g/mol. The third-order valence-electron chi connectivity index (χ3n) is 7.08. The Kier molecular flexibility index (Phi) is 14.0. The minimum atomic E-state index is 0.241. The predicted molar refractivity (Wildman–Crippen MR) is 163 cm³/mol. The summed E-state index contributed by atoms with van der Waals surface area (Å²) < 4.78 is 27.2. The van der Waals surface area contributed by atoms with Gasteiger partial charge in [0.05, 0.1) is 32.5 Å². The number of hydrogen-bond acceptors (Lipinski definition) is 13. The monoisotopic (exact) mass is 578 g/mol. The molecule has 1 saturated heterocycles. The van der Waals surface area contributed by atoms with E-state index in [0.717, 1.165) is 43.8 Å². The predicted octanol–water partition coefficient (Wildman–Crippen LogP) is 2.30. The van der Waals surface area contributed by atoms with Crippen LogP contribution in [0.4, 0.5) is 23.5 Å². The van der Waals surface area contributed by atoms with Gasteiger partial charge < -0.3 is 43.7 Å². The van der Waals surface area contributed by atoms with Crippen LogP contribution in [0.15, 0.2) is 0 Å². The van der Waals surface area contributed by atoms with Crippen LogP contribution in [-0.2, 0) is 23.7 Å². The van der Waals surface area contributed by atoms with Crippen LogP contribution in [0.2, 0.25) is 0 Å². The summed E-state index contributed by atoms with van der Waals surface area (Å²) in [5, 5.41) is 3.56. The van der Waals surface area contributed by atoms with Crippen LogP contribution >= 0.6 is 0 Å². The van der Waals surface area contributed by atoms with Crippen LogP contribution in [0.25, 0.3) is 11.0 Å². The maximum Gasteiger partial charge on any atom is 0.228 e. The highest BCUT2D eigenvalue weighted by molar-refractivity contribution is 5.95. The standard InChI is InChI=1S/C28H50N8O5/c1-21(2)20-29-25-23-24(31-27(32-25)35(12-16-37-3)13-17-38-4)26(34-10-8-22(41-7)9-11-34)33-28(30-23)36(14-18-39-5)15-19-40-6/h21-22H,8-20H2,1-7H3,(H,29,31,32). The first-order chi connectivity index (χ1) is 19.9. The number of aromatic nitrogens is 4. The molecule has 0 radical (unpaired) electrons. The Labute approximate surface area is 244 Å². The van der Waals surface area contributed by atoms with Crippen LogP contribution in [-0.4, -0.2) is 134 Å². The normalized spacial score (nSPS) is 14.3. The fraction of sp³-hybridized carbons (Fsp3) is 0.786. The van der Waals surface area contributed by atoms with E-state index in [1.54, 1.807) is 35.5 Å². The van der Waals surface area contributed by atoms with E-state index in [1.807, 2.05) is 0 Å². The number of nitrogens with one attached hydrogen (secondary N) is 1. The second-order valence-electron chi connectivity index (χ2n) is 10.6. The van der Waals surface area contributed by atoms with Gasteiger partial charge in [0.1, 0.15) is 11.0 Å². The van der Waals surface area contributed by atoms with E-state index in [9.17, 15) is 0 Å². The van der Waals surface area contributed by atoms with Gasteiger partial charge >= 0.3 is 0 Å². The van der Waals surface area contributed by atoms with Crippen molar-refractivity contribution >= 4 is 34.6 Å². The van der Waals surface area contributed by atoms with E-state index >= 15 is 0 Å². The SMILES string of the molecule is COCCN(CCOC)c1nc(N2CCC(OC)CC2)c2nc(N(CCOC)CCOC)nc(NCC(C)C)c2n1. The van der Waals surface area contributed by atoms with E-state index in [1.165, 1.54) is 0 Å². The molecule has 0 amide bonds. The number of piperidine rings is 1. The Morgan fingerprint density at radius 1 is 0.732 bits per heavy atom. The van der Waals surface area contributed by atoms with Crippen molar-refractivity contribution in [3.63, 3.8) is 0 Å². The van der Waals surface area contributed by atoms with Gasteiger partial charge in [0.15, 0.2) is 11.6 Å². The molecule has 232 valence electrons. The summed E-state index contributed by atoms with van der Waals surface area (Å²) in [6.45, 7) is 11.4. The number of rotatable bonds is 19. The van der Waals surface area contributed by atoms with Crippen molar-refractivity contribution in [1.82, 2.24) is 19.9 Å². The maximum atomic E-state index is 5.65. The summed E-state index contributed by atoms with van der Waals surface area (Å²) in [7, 11) is 8.57. The van der Waals surface area contributed by atoms with Crippen LogP contribution in [0.1, 0.15) is 26.7 Å². The van der Waals surface area contributed by atoms with Crippen molar-refractivity contribution in [3.05, 3.63) is 0 Å². The zero-order chi connectivity index (χ0) is 29.6. The summed E-state index contributed by atoms with van der Waals surface area (Å²) >= 11 is 0. The van der Waals surface area contributed by atoms with Gasteiger partial charge in [-0.3, -0.25) is 0 Å². The molecule has 2 aromatic heterocycles. The van der Waals surface area contributed by atoms with E-state index in [0.29, 0.717) is 81.8 Å². The Hall–Kier alpha value is -2.58. The fourth-order valence-corrected chi connectivity index (χ4v) is 4.64. The van der Waals surface area contributed by atoms with Gasteiger partial charge in [0, 0.05) is 81.4 Å². The molecule has 13 nitrogen and oxygen atoms in total. The number of ether oxygens (including phenoxy) is 5. The maximum absolute atomic E-state index is 5.65. The zero-order valence-electron chi connectivity index (χ0n) is 26.0. The Morgan fingerprint density at radius 2 is 1.22 bits per heavy atom. The highest BCUT2D eigenvalue weighted by Crippen LogP contribution is 2.33. The van der Waals surface area contributed by atoms with E-state index < -0.39 is 0 Å². The number of methoxy groups -OCH3 is 5. The molecule has 0 aliphatic carbocycles. The van der Waals surface area contributed by atoms with Crippen molar-refractivity contribution in [2.45, 2.75) is 32.8 Å². The third-order valence-corrected chi connectivity index (χ3v) is 7.08. The summed E-state index contributed by atoms with van der Waals surface area (Å²) in [5.74, 6) is 3.10. The molecule has 0 saturated carbocycles. The molecule has 1 fully saturated rings. The number of anilines is 4. The first-order valence-electron chi connectivity index (χ1n) is 14.5. The van der Waals surface area contributed by atoms with Crippen molar-refractivity contribution in [1.29, 1.82) is 0 Å². The fourth-order valence-electron chi connectivity index (χ4n) is 4.64. The molecule has 1 aliphatic heterocycles. The van der Waals surface area contributed by atoms with Gasteiger partial charge in [-0.15, -0.1) is 0 Å². The molecule has 0 unspecified atom stereocenters. The minimum Gasteiger partial charge on any atom is -0.383 e. The summed E-state index contributed by atoms with van der Waals surface area (Å²) in [4.78, 5) is 26.8. The number of nitrogens with zero attached hydrogens (tertiary/aromatic N) is 7. The Morgan fingerprint density at radius 3 is 1.68 bits per heavy atom. The number of hydrogen-bond donors (Lipinski definition) is 1. The van der Waals surface area contributed by atoms with Crippen LogP contribution in [0.3, 0.4) is 0 Å². The highest BCUT2D eigenvalue weighted by Gasteiger charge is 2.27. The first kappa shape index (κ1) is 32.9. The molecule has 0 atom stereocenters. The lowest BCUT2D eigenvalue weighted by Crippen LogP contribution is -2.38. The summed E-state index contributed by atoms with van der Waals surface area (Å²) in [6, 6.07) is 0. The molecule has 2 aromatic rings. The van der Waals surface area contributed by atoms with Crippen molar-refractivity contribution < 1.29 is 23.7 Å². The average Bonchev–Trinajstić information content (AvgIpc) is 2.99. The van der Waals surface area contributed by atoms with E-state index in [2.05, 4.69) is 33.9 Å². The lowest BCUT2D eigenvalue weighted by molar-refractivity contribution is 0.0818. The summed E-state index contributed by atoms with van der Waals surface area (Å²) in [6.07, 6.45) is 2.07. The van der Waals surface area contributed by atoms with Gasteiger partial charge in [0.25, 0.3) is 0 Å². The van der Waals surface area contributed by atoms with E-state index in [4.69, 9.17) is 43.6 Å². The zero-order valence-corrected chi connectivity index (χ0v) is 26.0. The number of fused-ring (bicyclic) bond motifs is 1. The lowest BCUT2D eigenvalue weighted by Gasteiger charge is -2.33. The van der Waals surface area contributed by atoms with Gasteiger partial charge in [-0.25, -0.2) is 9.97 Å². The highest BCUT2D eigenvalue weighted by atomic mass is 16.5. The van der Waals surface area contributed by atoms with Gasteiger partial charge in [-0.05, 0) is 18.8 Å². The molecule has 3 rings (SSSR count). The molecule has 13 heteroatoms. The molecular formula is C28H50N8O5. The van der Waals surface area contributed by atoms with Crippen molar-refractivity contribution in [3.8, 4) is 0 Å². The molecule has 0 aromatic carbocycles. The van der Waals surface area contributed by atoms with Gasteiger partial charge in [0.2, 0.25) is 11.9 Å². The largest absolute Gasteiger partial charge is 0.383 e. The second-order valence-corrected chi connectivity index (χ2v) is 10.6. The molecule has 1 N–H and O–H groups in total. The third kappa shape index (κ3) is 9.47. The smallest absolute Gasteiger partial charge is 0.228 e. The second kappa shape index (κ2) is 17.4. The first-order valence-corrected chi connectivity index (χ1v) is 14.5. The minimum absolute atomic E-state index is 0.241. The Balaban J connectivity index is 2.21. The lowest BCUT2D eigenvalue weighted by atomic mass is 10.1. The average molecular weight is 579 g/mol. The molecule has 0 spiro atoms. The summed E-state index contributed by atoms with van der Waals surface area (Å²) in [5.41, 5.74) is 1.42. The molecule has 3 heterocycles. The molecule has 1 aliphatic rings. The van der Waals surface area contributed by atoms with Gasteiger partial charge in [-0.2, -0.15) is 9.97 Å². The van der Waals surface area contributed by atoms with Crippen LogP contribution < -0.4 is 20.0 Å². The molecule has 41 heavy (non-hydrogen) atoms.